The molecule has 1 spiro atoms. The third-order valence-corrected chi connectivity index (χ3v) is 8.28. The molecule has 3 aliphatic rings. The van der Waals surface area contributed by atoms with Crippen molar-refractivity contribution >= 4 is 28.4 Å². The Labute approximate surface area is 219 Å². The highest BCUT2D eigenvalue weighted by atomic mass is 16.7. The number of carbonyl (C=O) groups excluding carboxylic acids is 1. The molecule has 7 rings (SSSR count). The Kier molecular flexibility index (Phi) is 5.60. The molecule has 4 aromatic rings. The Hall–Kier alpha value is -3.54. The zero-order chi connectivity index (χ0) is 25.9. The number of nitrogens with one attached hydrogen (secondary N) is 2. The standard InChI is InChI=1S/C27H31N7O4/c1-28-23-12-21(31-25-18(14-30-34(23)25)26(35)32-20-5-6-22(20)36-2)19-15-33(24-17(19)4-3-9-29-24)16-7-8-27(13-16)37-10-11-38-27/h3-4,9,12,14-16,20,22,28H,5-8,10-11,13H2,1-2H3,(H,32,35)/t16-,20-,22-/m0/s1. The van der Waals surface area contributed by atoms with Gasteiger partial charge in [-0.1, -0.05) is 0 Å². The fourth-order valence-corrected chi connectivity index (χ4v) is 6.11. The van der Waals surface area contributed by atoms with Crippen molar-refractivity contribution in [2.24, 2.45) is 0 Å². The highest BCUT2D eigenvalue weighted by molar-refractivity contribution is 6.01. The molecule has 2 N–H and O–H groups in total. The van der Waals surface area contributed by atoms with Crippen LogP contribution in [0.3, 0.4) is 0 Å². The van der Waals surface area contributed by atoms with Crippen LogP contribution < -0.4 is 10.6 Å². The molecule has 4 aromatic heterocycles. The molecule has 2 saturated carbocycles. The van der Waals surface area contributed by atoms with Gasteiger partial charge in [0.25, 0.3) is 5.91 Å². The molecule has 11 heteroatoms. The van der Waals surface area contributed by atoms with Crippen LogP contribution in [0.2, 0.25) is 0 Å². The third-order valence-electron chi connectivity index (χ3n) is 8.28. The van der Waals surface area contributed by atoms with E-state index in [-0.39, 0.29) is 24.1 Å². The van der Waals surface area contributed by atoms with Crippen molar-refractivity contribution in [3.63, 3.8) is 0 Å². The number of fused-ring (bicyclic) bond motifs is 2. The van der Waals surface area contributed by atoms with Crippen molar-refractivity contribution in [1.82, 2.24) is 29.5 Å². The summed E-state index contributed by atoms with van der Waals surface area (Å²) < 4.78 is 21.3. The summed E-state index contributed by atoms with van der Waals surface area (Å²) in [4.78, 5) is 22.9. The summed E-state index contributed by atoms with van der Waals surface area (Å²) in [5, 5.41) is 11.8. The Morgan fingerprint density at radius 1 is 1.21 bits per heavy atom. The van der Waals surface area contributed by atoms with Gasteiger partial charge in [-0.15, -0.1) is 0 Å². The van der Waals surface area contributed by atoms with E-state index < -0.39 is 5.79 Å². The average molecular weight is 518 g/mol. The first kappa shape index (κ1) is 23.6. The summed E-state index contributed by atoms with van der Waals surface area (Å²) in [5.74, 6) is 0.0598. The number of nitrogens with zero attached hydrogens (tertiary/aromatic N) is 5. The van der Waals surface area contributed by atoms with Gasteiger partial charge in [-0.2, -0.15) is 9.61 Å². The second kappa shape index (κ2) is 9.04. The second-order valence-electron chi connectivity index (χ2n) is 10.3. The maximum Gasteiger partial charge on any atom is 0.257 e. The third kappa shape index (κ3) is 3.68. The Morgan fingerprint density at radius 3 is 2.84 bits per heavy atom. The summed E-state index contributed by atoms with van der Waals surface area (Å²) in [6.07, 6.45) is 10.0. The van der Waals surface area contributed by atoms with E-state index in [2.05, 4.69) is 32.6 Å². The molecule has 2 aliphatic carbocycles. The lowest BCUT2D eigenvalue weighted by molar-refractivity contribution is -0.152. The zero-order valence-electron chi connectivity index (χ0n) is 21.5. The van der Waals surface area contributed by atoms with Crippen molar-refractivity contribution in [1.29, 1.82) is 0 Å². The van der Waals surface area contributed by atoms with Crippen molar-refractivity contribution in [2.45, 2.75) is 56.1 Å². The van der Waals surface area contributed by atoms with Gasteiger partial charge < -0.3 is 29.4 Å². The minimum absolute atomic E-state index is 0.000912. The number of carbonyl (C=O) groups is 1. The number of pyridine rings is 1. The van der Waals surface area contributed by atoms with Crippen LogP contribution in [0.4, 0.5) is 5.82 Å². The van der Waals surface area contributed by atoms with E-state index in [1.54, 1.807) is 17.8 Å². The molecule has 11 nitrogen and oxygen atoms in total. The molecule has 3 atom stereocenters. The number of hydrogen-bond acceptors (Lipinski definition) is 8. The Morgan fingerprint density at radius 2 is 2.08 bits per heavy atom. The van der Waals surface area contributed by atoms with Gasteiger partial charge in [0.05, 0.1) is 37.3 Å². The molecular weight excluding hydrogens is 486 g/mol. The van der Waals surface area contributed by atoms with Crippen molar-refractivity contribution in [3.8, 4) is 11.3 Å². The molecular formula is C27H31N7O4. The van der Waals surface area contributed by atoms with E-state index >= 15 is 0 Å². The van der Waals surface area contributed by atoms with E-state index in [1.807, 2.05) is 25.4 Å². The average Bonchev–Trinajstić information content (AvgIpc) is 3.72. The van der Waals surface area contributed by atoms with Crippen molar-refractivity contribution in [2.75, 3.05) is 32.7 Å². The van der Waals surface area contributed by atoms with E-state index in [4.69, 9.17) is 24.2 Å². The SMILES string of the molecule is CNc1cc(-c2cn([C@H]3CCC4(C3)OCCO4)c3ncccc23)nc2c(C(=O)N[C@H]3CC[C@@H]3OC)cnn12. The number of anilines is 1. The monoisotopic (exact) mass is 517 g/mol. The summed E-state index contributed by atoms with van der Waals surface area (Å²) in [5.41, 5.74) is 3.52. The molecule has 0 radical (unpaired) electrons. The number of rotatable bonds is 6. The first-order valence-corrected chi connectivity index (χ1v) is 13.2. The van der Waals surface area contributed by atoms with Gasteiger partial charge in [0, 0.05) is 62.5 Å². The highest BCUT2D eigenvalue weighted by Gasteiger charge is 2.45. The van der Waals surface area contributed by atoms with Gasteiger partial charge in [-0.3, -0.25) is 4.79 Å². The van der Waals surface area contributed by atoms with Gasteiger partial charge in [-0.25, -0.2) is 9.97 Å². The number of hydrogen-bond donors (Lipinski definition) is 2. The Balaban J connectivity index is 1.29. The molecule has 3 fully saturated rings. The summed E-state index contributed by atoms with van der Waals surface area (Å²) in [7, 11) is 3.51. The normalized spacial score (nSPS) is 24.3. The molecule has 0 bridgehead atoms. The number of methoxy groups -OCH3 is 1. The molecule has 38 heavy (non-hydrogen) atoms. The van der Waals surface area contributed by atoms with Crippen LogP contribution in [-0.4, -0.2) is 75.4 Å². The van der Waals surface area contributed by atoms with E-state index in [1.165, 1.54) is 0 Å². The van der Waals surface area contributed by atoms with Crippen LogP contribution in [-0.2, 0) is 14.2 Å². The van der Waals surface area contributed by atoms with E-state index in [9.17, 15) is 4.79 Å². The molecule has 0 aromatic carbocycles. The maximum absolute atomic E-state index is 13.2. The quantitative estimate of drug-likeness (QED) is 0.401. The predicted octanol–water partition coefficient (Wildman–Crippen LogP) is 3.16. The lowest BCUT2D eigenvalue weighted by Crippen LogP contribution is -2.51. The first-order valence-electron chi connectivity index (χ1n) is 13.2. The van der Waals surface area contributed by atoms with Crippen LogP contribution in [0.15, 0.2) is 36.8 Å². The fourth-order valence-electron chi connectivity index (χ4n) is 6.11. The van der Waals surface area contributed by atoms with Crippen molar-refractivity contribution < 1.29 is 19.0 Å². The predicted molar refractivity (Wildman–Crippen MR) is 140 cm³/mol. The second-order valence-corrected chi connectivity index (χ2v) is 10.3. The topological polar surface area (TPSA) is 117 Å². The fraction of sp³-hybridized carbons (Fsp3) is 0.481. The minimum atomic E-state index is -0.477. The highest BCUT2D eigenvalue weighted by Crippen LogP contribution is 2.45. The maximum atomic E-state index is 13.2. The van der Waals surface area contributed by atoms with Gasteiger partial charge in [0.2, 0.25) is 0 Å². The lowest BCUT2D eigenvalue weighted by Gasteiger charge is -2.35. The van der Waals surface area contributed by atoms with Gasteiger partial charge in [0.15, 0.2) is 11.4 Å². The van der Waals surface area contributed by atoms with Crippen LogP contribution in [0, 0.1) is 0 Å². The molecule has 5 heterocycles. The molecule has 1 amide bonds. The smallest absolute Gasteiger partial charge is 0.257 e. The zero-order valence-corrected chi connectivity index (χ0v) is 21.5. The van der Waals surface area contributed by atoms with Crippen LogP contribution >= 0.6 is 0 Å². The van der Waals surface area contributed by atoms with Gasteiger partial charge in [-0.05, 0) is 31.4 Å². The summed E-state index contributed by atoms with van der Waals surface area (Å²) >= 11 is 0. The van der Waals surface area contributed by atoms with Crippen LogP contribution in [0.1, 0.15) is 48.5 Å². The molecule has 198 valence electrons. The number of ether oxygens (including phenoxy) is 3. The first-order chi connectivity index (χ1) is 18.6. The summed E-state index contributed by atoms with van der Waals surface area (Å²) in [6, 6.07) is 6.17. The van der Waals surface area contributed by atoms with Crippen LogP contribution in [0.5, 0.6) is 0 Å². The largest absolute Gasteiger partial charge is 0.379 e. The van der Waals surface area contributed by atoms with Crippen LogP contribution in [0.25, 0.3) is 27.9 Å². The van der Waals surface area contributed by atoms with E-state index in [0.29, 0.717) is 24.4 Å². The molecule has 1 aliphatic heterocycles. The lowest BCUT2D eigenvalue weighted by atomic mass is 9.89. The molecule has 0 unspecified atom stereocenters. The van der Waals surface area contributed by atoms with Gasteiger partial charge in [0.1, 0.15) is 17.0 Å². The minimum Gasteiger partial charge on any atom is -0.379 e. The van der Waals surface area contributed by atoms with Gasteiger partial charge >= 0.3 is 0 Å². The number of aromatic nitrogens is 5. The van der Waals surface area contributed by atoms with Crippen molar-refractivity contribution in [3.05, 3.63) is 42.4 Å². The summed E-state index contributed by atoms with van der Waals surface area (Å²) in [6.45, 7) is 1.29. The number of amides is 1. The Bertz CT molecular complexity index is 1520. The molecule has 1 saturated heterocycles. The van der Waals surface area contributed by atoms with E-state index in [0.717, 1.165) is 60.2 Å².